The summed E-state index contributed by atoms with van der Waals surface area (Å²) in [7, 11) is -3.32. The molecule has 1 aromatic carbocycles. The van der Waals surface area contributed by atoms with Gasteiger partial charge in [0.15, 0.2) is 0 Å². The Morgan fingerprint density at radius 2 is 2.11 bits per heavy atom. The standard InChI is InChI=1S/C11H15BrN2O3S2/c1-2-14-19(16,17)6-5-13-11(15)9-4-3-8(12)7-10(9)18/h3-4,7,14,18H,2,5-6H2,1H3,(H,13,15). The van der Waals surface area contributed by atoms with E-state index >= 15 is 0 Å². The maximum Gasteiger partial charge on any atom is 0.252 e. The van der Waals surface area contributed by atoms with Gasteiger partial charge >= 0.3 is 0 Å². The molecule has 0 aliphatic heterocycles. The van der Waals surface area contributed by atoms with Gasteiger partial charge in [-0.1, -0.05) is 22.9 Å². The van der Waals surface area contributed by atoms with E-state index in [0.29, 0.717) is 17.0 Å². The molecule has 0 aromatic heterocycles. The van der Waals surface area contributed by atoms with Crippen molar-refractivity contribution in [2.45, 2.75) is 11.8 Å². The number of sulfonamides is 1. The molecule has 1 rings (SSSR count). The molecule has 0 atom stereocenters. The summed E-state index contributed by atoms with van der Waals surface area (Å²) >= 11 is 7.47. The van der Waals surface area contributed by atoms with Crippen LogP contribution < -0.4 is 10.0 Å². The maximum absolute atomic E-state index is 11.8. The van der Waals surface area contributed by atoms with Crippen molar-refractivity contribution in [3.05, 3.63) is 28.2 Å². The van der Waals surface area contributed by atoms with E-state index < -0.39 is 10.0 Å². The number of thiol groups is 1. The van der Waals surface area contributed by atoms with E-state index in [1.54, 1.807) is 25.1 Å². The summed E-state index contributed by atoms with van der Waals surface area (Å²) < 4.78 is 25.9. The van der Waals surface area contributed by atoms with Crippen LogP contribution >= 0.6 is 28.6 Å². The fraction of sp³-hybridized carbons (Fsp3) is 0.364. The van der Waals surface area contributed by atoms with Crippen LogP contribution in [0.25, 0.3) is 0 Å². The number of benzene rings is 1. The highest BCUT2D eigenvalue weighted by atomic mass is 79.9. The van der Waals surface area contributed by atoms with Crippen LogP contribution in [0.5, 0.6) is 0 Å². The minimum absolute atomic E-state index is 0.0530. The summed E-state index contributed by atoms with van der Waals surface area (Å²) in [6, 6.07) is 5.05. The first-order valence-corrected chi connectivity index (χ1v) is 8.49. The summed E-state index contributed by atoms with van der Waals surface area (Å²) in [6.07, 6.45) is 0. The molecule has 1 aromatic rings. The van der Waals surface area contributed by atoms with Crippen molar-refractivity contribution in [3.63, 3.8) is 0 Å². The van der Waals surface area contributed by atoms with Crippen LogP contribution in [0.2, 0.25) is 0 Å². The Bertz CT molecular complexity index is 561. The van der Waals surface area contributed by atoms with Gasteiger partial charge in [0.25, 0.3) is 5.91 Å². The summed E-state index contributed by atoms with van der Waals surface area (Å²) in [6.45, 7) is 2.09. The lowest BCUT2D eigenvalue weighted by atomic mass is 10.2. The molecule has 19 heavy (non-hydrogen) atoms. The number of halogens is 1. The van der Waals surface area contributed by atoms with E-state index in [9.17, 15) is 13.2 Å². The Hall–Kier alpha value is -0.570. The first-order valence-electron chi connectivity index (χ1n) is 5.60. The minimum atomic E-state index is -3.32. The highest BCUT2D eigenvalue weighted by molar-refractivity contribution is 9.10. The van der Waals surface area contributed by atoms with Crippen LogP contribution in [-0.2, 0) is 10.0 Å². The quantitative estimate of drug-likeness (QED) is 0.666. The lowest BCUT2D eigenvalue weighted by molar-refractivity contribution is 0.0953. The van der Waals surface area contributed by atoms with Crippen LogP contribution in [-0.4, -0.2) is 33.2 Å². The Morgan fingerprint density at radius 1 is 1.42 bits per heavy atom. The second kappa shape index (κ2) is 7.28. The van der Waals surface area contributed by atoms with Gasteiger partial charge in [0.05, 0.1) is 11.3 Å². The van der Waals surface area contributed by atoms with Gasteiger partial charge in [-0.2, -0.15) is 0 Å². The van der Waals surface area contributed by atoms with Crippen LogP contribution in [0.15, 0.2) is 27.6 Å². The lowest BCUT2D eigenvalue weighted by Crippen LogP contribution is -2.34. The zero-order chi connectivity index (χ0) is 14.5. The molecule has 0 spiro atoms. The Morgan fingerprint density at radius 3 is 2.68 bits per heavy atom. The third-order valence-electron chi connectivity index (χ3n) is 2.23. The fourth-order valence-electron chi connectivity index (χ4n) is 1.38. The molecule has 8 heteroatoms. The topological polar surface area (TPSA) is 75.3 Å². The second-order valence-electron chi connectivity index (χ2n) is 3.73. The predicted octanol–water partition coefficient (Wildman–Crippen LogP) is 1.41. The van der Waals surface area contributed by atoms with Gasteiger partial charge in [-0.3, -0.25) is 4.79 Å². The van der Waals surface area contributed by atoms with E-state index in [1.807, 2.05) is 0 Å². The number of amides is 1. The number of carbonyl (C=O) groups is 1. The van der Waals surface area contributed by atoms with Gasteiger partial charge in [-0.25, -0.2) is 13.1 Å². The highest BCUT2D eigenvalue weighted by Crippen LogP contribution is 2.19. The minimum Gasteiger partial charge on any atom is -0.351 e. The molecular weight excluding hydrogens is 352 g/mol. The summed E-state index contributed by atoms with van der Waals surface area (Å²) in [4.78, 5) is 12.4. The molecule has 0 radical (unpaired) electrons. The maximum atomic E-state index is 11.8. The number of nitrogens with one attached hydrogen (secondary N) is 2. The van der Waals surface area contributed by atoms with Gasteiger partial charge < -0.3 is 5.32 Å². The van der Waals surface area contributed by atoms with Crippen molar-refractivity contribution in [2.75, 3.05) is 18.8 Å². The largest absolute Gasteiger partial charge is 0.351 e. The molecular formula is C11H15BrN2O3S2. The second-order valence-corrected chi connectivity index (χ2v) is 7.06. The van der Waals surface area contributed by atoms with E-state index in [0.717, 1.165) is 4.47 Å². The zero-order valence-electron chi connectivity index (χ0n) is 10.3. The highest BCUT2D eigenvalue weighted by Gasteiger charge is 2.12. The van der Waals surface area contributed by atoms with Crippen LogP contribution in [0.1, 0.15) is 17.3 Å². The first-order chi connectivity index (χ1) is 8.85. The summed E-state index contributed by atoms with van der Waals surface area (Å²) in [5, 5.41) is 2.55. The van der Waals surface area contributed by atoms with Gasteiger partial charge in [-0.15, -0.1) is 12.6 Å². The molecule has 0 bridgehead atoms. The van der Waals surface area contributed by atoms with Gasteiger partial charge in [0.2, 0.25) is 10.0 Å². The normalized spacial score (nSPS) is 11.3. The molecule has 1 amide bonds. The van der Waals surface area contributed by atoms with Gasteiger partial charge in [0.1, 0.15) is 0 Å². The van der Waals surface area contributed by atoms with Crippen LogP contribution in [0, 0.1) is 0 Å². The first kappa shape index (κ1) is 16.5. The van der Waals surface area contributed by atoms with Crippen molar-refractivity contribution < 1.29 is 13.2 Å². The molecule has 0 saturated heterocycles. The number of rotatable bonds is 6. The Balaban J connectivity index is 2.57. The fourth-order valence-corrected chi connectivity index (χ4v) is 3.19. The third kappa shape index (κ3) is 5.52. The molecule has 0 aliphatic rings. The number of hydrogen-bond acceptors (Lipinski definition) is 4. The molecule has 2 N–H and O–H groups in total. The summed E-state index contributed by atoms with van der Waals surface area (Å²) in [5.41, 5.74) is 0.410. The van der Waals surface area contributed by atoms with Gasteiger partial charge in [0, 0.05) is 22.5 Å². The van der Waals surface area contributed by atoms with E-state index in [4.69, 9.17) is 0 Å². The monoisotopic (exact) mass is 366 g/mol. The average Bonchev–Trinajstić information content (AvgIpc) is 2.28. The number of hydrogen-bond donors (Lipinski definition) is 3. The third-order valence-corrected chi connectivity index (χ3v) is 4.56. The predicted molar refractivity (Wildman–Crippen MR) is 81.2 cm³/mol. The van der Waals surface area contributed by atoms with Crippen LogP contribution in [0.4, 0.5) is 0 Å². The Labute approximate surface area is 126 Å². The molecule has 5 nitrogen and oxygen atoms in total. The zero-order valence-corrected chi connectivity index (χ0v) is 13.6. The SMILES string of the molecule is CCNS(=O)(=O)CCNC(=O)c1ccc(Br)cc1S. The molecule has 0 aliphatic carbocycles. The van der Waals surface area contributed by atoms with Crippen molar-refractivity contribution in [2.24, 2.45) is 0 Å². The van der Waals surface area contributed by atoms with Crippen molar-refractivity contribution in [3.8, 4) is 0 Å². The van der Waals surface area contributed by atoms with E-state index in [2.05, 4.69) is 38.6 Å². The molecule has 106 valence electrons. The smallest absolute Gasteiger partial charge is 0.252 e. The van der Waals surface area contributed by atoms with Crippen molar-refractivity contribution in [1.29, 1.82) is 0 Å². The van der Waals surface area contributed by atoms with Crippen molar-refractivity contribution >= 4 is 44.5 Å². The molecule has 0 unspecified atom stereocenters. The Kier molecular flexibility index (Phi) is 6.31. The van der Waals surface area contributed by atoms with Crippen LogP contribution in [0.3, 0.4) is 0 Å². The van der Waals surface area contributed by atoms with E-state index in [1.165, 1.54) is 0 Å². The number of carbonyl (C=O) groups excluding carboxylic acids is 1. The summed E-state index contributed by atoms with van der Waals surface area (Å²) in [5.74, 6) is -0.491. The molecule has 0 saturated carbocycles. The molecule has 0 fully saturated rings. The van der Waals surface area contributed by atoms with Crippen molar-refractivity contribution in [1.82, 2.24) is 10.0 Å². The van der Waals surface area contributed by atoms with E-state index in [-0.39, 0.29) is 18.2 Å². The lowest BCUT2D eigenvalue weighted by Gasteiger charge is -2.08. The average molecular weight is 367 g/mol. The van der Waals surface area contributed by atoms with Gasteiger partial charge in [-0.05, 0) is 18.2 Å². The molecule has 0 heterocycles.